The number of phenolic OH excluding ortho intramolecular Hbond substituents is 2. The van der Waals surface area contributed by atoms with E-state index in [4.69, 9.17) is 9.47 Å². The molecule has 278 valence electrons. The molecule has 1 atom stereocenters. The summed E-state index contributed by atoms with van der Waals surface area (Å²) in [5, 5.41) is 22.2. The van der Waals surface area contributed by atoms with E-state index in [0.717, 1.165) is 100 Å². The molecule has 0 radical (unpaired) electrons. The highest BCUT2D eigenvalue weighted by Gasteiger charge is 2.25. The van der Waals surface area contributed by atoms with Crippen molar-refractivity contribution in [2.45, 2.75) is 158 Å². The normalized spacial score (nSPS) is 12.2. The third-order valence-electron chi connectivity index (χ3n) is 9.31. The van der Waals surface area contributed by atoms with Crippen LogP contribution in [-0.2, 0) is 35.3 Å². The summed E-state index contributed by atoms with van der Waals surface area (Å²) in [6.07, 6.45) is 18.7. The quantitative estimate of drug-likeness (QED) is 0.0420. The highest BCUT2D eigenvalue weighted by atomic mass is 16.6. The Hall–Kier alpha value is -3.54. The molecular weight excluding hydrogens is 624 g/mol. The van der Waals surface area contributed by atoms with Crippen LogP contribution in [0.2, 0.25) is 0 Å². The van der Waals surface area contributed by atoms with Crippen molar-refractivity contribution in [3.8, 4) is 23.0 Å². The average molecular weight is 691 g/mol. The Balaban J connectivity index is 2.34. The van der Waals surface area contributed by atoms with E-state index in [9.17, 15) is 19.8 Å². The van der Waals surface area contributed by atoms with Gasteiger partial charge >= 0.3 is 11.9 Å². The smallest absolute Gasteiger partial charge is 0.423 e. The molecule has 0 aliphatic rings. The Morgan fingerprint density at radius 3 is 1.74 bits per heavy atom. The summed E-state index contributed by atoms with van der Waals surface area (Å²) in [6.45, 7) is 17.1. The van der Waals surface area contributed by atoms with Gasteiger partial charge in [-0.1, -0.05) is 103 Å². The number of unbranched alkanes of at least 4 members (excludes halogenated alkanes) is 4. The van der Waals surface area contributed by atoms with E-state index < -0.39 is 11.9 Å². The van der Waals surface area contributed by atoms with Gasteiger partial charge in [0.05, 0.1) is 0 Å². The lowest BCUT2D eigenvalue weighted by Crippen LogP contribution is -2.26. The molecule has 0 aromatic heterocycles. The van der Waals surface area contributed by atoms with Crippen molar-refractivity contribution in [1.29, 1.82) is 0 Å². The lowest BCUT2D eigenvalue weighted by Gasteiger charge is -2.17. The first-order chi connectivity index (χ1) is 23.8. The van der Waals surface area contributed by atoms with Gasteiger partial charge in [-0.05, 0) is 126 Å². The standard InChI is InChI=1S/C44H66O6/c1-9-11-13-21-35-27-39(45)37(25-23-33(7)19-15-17-31(3)4)41(29-35)49-43(47)44(48)50-42-30-36(22-14-12-10-2)28-40(46)38(42)26-24-34(8)20-16-18-32(5)6/h17,23,27-30,32,34,45-46H,9-16,18-22,24-26H2,1-8H3/b33-23+/t34-/m0/s1. The van der Waals surface area contributed by atoms with Crippen LogP contribution in [0.3, 0.4) is 0 Å². The Morgan fingerprint density at radius 1 is 0.680 bits per heavy atom. The summed E-state index contributed by atoms with van der Waals surface area (Å²) in [5.74, 6) is -0.717. The van der Waals surface area contributed by atoms with Crippen molar-refractivity contribution in [3.05, 3.63) is 69.8 Å². The van der Waals surface area contributed by atoms with E-state index in [1.165, 1.54) is 12.0 Å². The second-order valence-corrected chi connectivity index (χ2v) is 14.9. The lowest BCUT2D eigenvalue weighted by molar-refractivity contribution is -0.156. The first kappa shape index (κ1) is 42.6. The molecule has 2 aromatic carbocycles. The fraction of sp³-hybridized carbons (Fsp3) is 0.591. The van der Waals surface area contributed by atoms with Crippen LogP contribution in [0.1, 0.15) is 155 Å². The number of allylic oxidation sites excluding steroid dienone is 4. The average Bonchev–Trinajstić information content (AvgIpc) is 3.03. The maximum absolute atomic E-state index is 13.4. The predicted molar refractivity (Wildman–Crippen MR) is 206 cm³/mol. The number of rotatable bonds is 22. The van der Waals surface area contributed by atoms with Gasteiger partial charge in [0.25, 0.3) is 0 Å². The molecule has 6 nitrogen and oxygen atoms in total. The summed E-state index contributed by atoms with van der Waals surface area (Å²) < 4.78 is 11.5. The zero-order chi connectivity index (χ0) is 37.1. The Labute approximate surface area is 303 Å². The summed E-state index contributed by atoms with van der Waals surface area (Å²) in [6, 6.07) is 7.04. The summed E-state index contributed by atoms with van der Waals surface area (Å²) in [5.41, 5.74) is 5.12. The molecule has 0 heterocycles. The summed E-state index contributed by atoms with van der Waals surface area (Å²) in [7, 11) is 0. The molecule has 0 aliphatic heterocycles. The van der Waals surface area contributed by atoms with Crippen LogP contribution in [0.4, 0.5) is 0 Å². The zero-order valence-electron chi connectivity index (χ0n) is 32.5. The second-order valence-electron chi connectivity index (χ2n) is 14.9. The van der Waals surface area contributed by atoms with Crippen molar-refractivity contribution in [3.63, 3.8) is 0 Å². The van der Waals surface area contributed by atoms with Crippen LogP contribution < -0.4 is 9.47 Å². The largest absolute Gasteiger partial charge is 0.508 e. The Kier molecular flexibility index (Phi) is 19.6. The van der Waals surface area contributed by atoms with Gasteiger partial charge in [-0.25, -0.2) is 9.59 Å². The number of ether oxygens (including phenoxy) is 2. The molecule has 0 amide bonds. The molecule has 0 bridgehead atoms. The van der Waals surface area contributed by atoms with Gasteiger partial charge in [0, 0.05) is 11.1 Å². The van der Waals surface area contributed by atoms with Gasteiger partial charge in [0.15, 0.2) is 0 Å². The summed E-state index contributed by atoms with van der Waals surface area (Å²) >= 11 is 0. The fourth-order valence-electron chi connectivity index (χ4n) is 6.12. The molecule has 2 N–H and O–H groups in total. The van der Waals surface area contributed by atoms with Crippen LogP contribution in [0.15, 0.2) is 47.6 Å². The van der Waals surface area contributed by atoms with Crippen LogP contribution in [0.25, 0.3) is 0 Å². The van der Waals surface area contributed by atoms with Gasteiger partial charge in [0.2, 0.25) is 0 Å². The maximum Gasteiger partial charge on any atom is 0.423 e. The van der Waals surface area contributed by atoms with Crippen molar-refractivity contribution in [2.75, 3.05) is 0 Å². The number of aromatic hydroxyl groups is 2. The molecule has 2 rings (SSSR count). The predicted octanol–water partition coefficient (Wildman–Crippen LogP) is 11.7. The first-order valence-corrected chi connectivity index (χ1v) is 19.3. The Morgan fingerprint density at radius 2 is 1.22 bits per heavy atom. The van der Waals surface area contributed by atoms with Gasteiger partial charge in [0.1, 0.15) is 23.0 Å². The van der Waals surface area contributed by atoms with Crippen LogP contribution in [-0.4, -0.2) is 22.2 Å². The zero-order valence-corrected chi connectivity index (χ0v) is 32.5. The van der Waals surface area contributed by atoms with Gasteiger partial charge in [-0.15, -0.1) is 0 Å². The number of aryl methyl sites for hydroxylation is 2. The molecule has 6 heteroatoms. The molecule has 2 aromatic rings. The SMILES string of the molecule is CCCCCc1cc(O)c(C/C=C(\C)CCC=C(C)C)c(OC(=O)C(=O)Oc2cc(CCCCC)cc(O)c2CC[C@@H](C)CCCC(C)C)c1. The van der Waals surface area contributed by atoms with E-state index in [1.54, 1.807) is 24.3 Å². The molecule has 0 unspecified atom stereocenters. The maximum atomic E-state index is 13.4. The fourth-order valence-corrected chi connectivity index (χ4v) is 6.12. The third-order valence-corrected chi connectivity index (χ3v) is 9.31. The minimum atomic E-state index is -1.16. The van der Waals surface area contributed by atoms with E-state index in [1.807, 2.05) is 13.0 Å². The lowest BCUT2D eigenvalue weighted by atomic mass is 9.93. The second kappa shape index (κ2) is 23.0. The molecule has 0 aliphatic carbocycles. The van der Waals surface area contributed by atoms with Gasteiger partial charge in [-0.3, -0.25) is 0 Å². The van der Waals surface area contributed by atoms with Crippen molar-refractivity contribution < 1.29 is 29.3 Å². The molecule has 0 fully saturated rings. The van der Waals surface area contributed by atoms with Crippen molar-refractivity contribution in [2.24, 2.45) is 11.8 Å². The third kappa shape index (κ3) is 16.0. The van der Waals surface area contributed by atoms with Gasteiger partial charge in [-0.2, -0.15) is 0 Å². The number of hydrogen-bond donors (Lipinski definition) is 2. The monoisotopic (exact) mass is 690 g/mol. The molecular formula is C44H66O6. The highest BCUT2D eigenvalue weighted by molar-refractivity contribution is 6.31. The molecule has 0 saturated heterocycles. The van der Waals surface area contributed by atoms with Crippen LogP contribution in [0, 0.1) is 11.8 Å². The van der Waals surface area contributed by atoms with E-state index in [-0.39, 0.29) is 23.0 Å². The van der Waals surface area contributed by atoms with Crippen molar-refractivity contribution >= 4 is 11.9 Å². The number of carbonyl (C=O) groups excluding carboxylic acids is 2. The first-order valence-electron chi connectivity index (χ1n) is 19.3. The highest BCUT2D eigenvalue weighted by Crippen LogP contribution is 2.35. The molecule has 0 spiro atoms. The van der Waals surface area contributed by atoms with Crippen LogP contribution in [0.5, 0.6) is 23.0 Å². The van der Waals surface area contributed by atoms with E-state index >= 15 is 0 Å². The van der Waals surface area contributed by atoms with E-state index in [0.29, 0.717) is 35.8 Å². The number of esters is 2. The summed E-state index contributed by atoms with van der Waals surface area (Å²) in [4.78, 5) is 26.7. The molecule has 50 heavy (non-hydrogen) atoms. The minimum Gasteiger partial charge on any atom is -0.508 e. The molecule has 0 saturated carbocycles. The van der Waals surface area contributed by atoms with Crippen molar-refractivity contribution in [1.82, 2.24) is 0 Å². The number of hydrogen-bond acceptors (Lipinski definition) is 6. The topological polar surface area (TPSA) is 93.1 Å². The Bertz CT molecular complexity index is 1410. The number of carbonyl (C=O) groups is 2. The number of phenols is 2. The number of benzene rings is 2. The minimum absolute atomic E-state index is 0.0398. The van der Waals surface area contributed by atoms with Gasteiger partial charge < -0.3 is 19.7 Å². The van der Waals surface area contributed by atoms with E-state index in [2.05, 4.69) is 54.5 Å². The van der Waals surface area contributed by atoms with Crippen LogP contribution >= 0.6 is 0 Å².